The summed E-state index contributed by atoms with van der Waals surface area (Å²) in [4.78, 5) is 0. The van der Waals surface area contributed by atoms with Crippen LogP contribution < -0.4 is 0 Å². The van der Waals surface area contributed by atoms with Crippen LogP contribution in [0.25, 0.3) is 0 Å². The minimum Gasteiger partial charge on any atom is -0.382 e. The molecule has 0 aliphatic heterocycles. The first-order chi connectivity index (χ1) is 20.4. The second kappa shape index (κ2) is 39.8. The van der Waals surface area contributed by atoms with E-state index in [1.165, 1.54) is 0 Å². The van der Waals surface area contributed by atoms with Gasteiger partial charge in [-0.15, -0.1) is 11.6 Å². The lowest BCUT2D eigenvalue weighted by molar-refractivity contribution is -0.0286. The number of alkyl halides is 1. The van der Waals surface area contributed by atoms with Gasteiger partial charge in [-0.25, -0.2) is 0 Å². The number of ether oxygens (including phenoxy) is 13. The van der Waals surface area contributed by atoms with E-state index in [0.29, 0.717) is 171 Å². The summed E-state index contributed by atoms with van der Waals surface area (Å²) in [5.74, 6) is 0.498. The zero-order valence-electron chi connectivity index (χ0n) is 25.1. The predicted octanol–water partition coefficient (Wildman–Crippen LogP) is 1.07. The number of hydrogen-bond acceptors (Lipinski definition) is 13. The van der Waals surface area contributed by atoms with Gasteiger partial charge in [-0.1, -0.05) is 0 Å². The van der Waals surface area contributed by atoms with Crippen molar-refractivity contribution in [2.24, 2.45) is 0 Å². The number of rotatable bonds is 38. The zero-order valence-corrected chi connectivity index (χ0v) is 25.8. The molecule has 0 heterocycles. The highest BCUT2D eigenvalue weighted by molar-refractivity contribution is 6.17. The third kappa shape index (κ3) is 39.8. The largest absolute Gasteiger partial charge is 0.382 e. The summed E-state index contributed by atoms with van der Waals surface area (Å²) in [7, 11) is 1.64. The van der Waals surface area contributed by atoms with Gasteiger partial charge in [0.1, 0.15) is 0 Å². The van der Waals surface area contributed by atoms with Gasteiger partial charge in [0.2, 0.25) is 0 Å². The van der Waals surface area contributed by atoms with Crippen molar-refractivity contribution in [2.75, 3.05) is 178 Å². The maximum Gasteiger partial charge on any atom is 0.0701 e. The van der Waals surface area contributed by atoms with Crippen molar-refractivity contribution in [3.63, 3.8) is 0 Å². The molecular formula is C27H55ClO13. The van der Waals surface area contributed by atoms with Crippen LogP contribution in [0.5, 0.6) is 0 Å². The summed E-state index contributed by atoms with van der Waals surface area (Å²) in [6.45, 7) is 13.3. The van der Waals surface area contributed by atoms with Crippen LogP contribution in [0, 0.1) is 0 Å². The van der Waals surface area contributed by atoms with Gasteiger partial charge in [-0.2, -0.15) is 0 Å². The Bertz CT molecular complexity index is 417. The monoisotopic (exact) mass is 622 g/mol. The van der Waals surface area contributed by atoms with E-state index in [1.807, 2.05) is 0 Å². The summed E-state index contributed by atoms with van der Waals surface area (Å²) < 4.78 is 69.7. The van der Waals surface area contributed by atoms with Crippen molar-refractivity contribution < 1.29 is 61.6 Å². The van der Waals surface area contributed by atoms with E-state index in [2.05, 4.69) is 0 Å². The Kier molecular flexibility index (Phi) is 39.5. The van der Waals surface area contributed by atoms with Gasteiger partial charge in [0.25, 0.3) is 0 Å². The molecule has 0 fully saturated rings. The standard InChI is InChI=1S/C27H55ClO13/c1-29-4-5-31-8-9-33-12-13-35-16-17-37-20-21-39-24-25-41-27-26-40-23-22-38-19-18-36-15-14-34-11-10-32-7-6-30-3-2-28/h2-27H2,1H3. The van der Waals surface area contributed by atoms with E-state index < -0.39 is 0 Å². The van der Waals surface area contributed by atoms with Crippen molar-refractivity contribution >= 4 is 11.6 Å². The number of hydrogen-bond donors (Lipinski definition) is 0. The lowest BCUT2D eigenvalue weighted by Gasteiger charge is -2.09. The molecule has 0 saturated carbocycles. The average Bonchev–Trinajstić information content (AvgIpc) is 2.98. The highest BCUT2D eigenvalue weighted by atomic mass is 35.5. The van der Waals surface area contributed by atoms with Gasteiger partial charge in [0.05, 0.1) is 165 Å². The summed E-state index contributed by atoms with van der Waals surface area (Å²) in [5, 5.41) is 0. The van der Waals surface area contributed by atoms with E-state index in [4.69, 9.17) is 73.2 Å². The van der Waals surface area contributed by atoms with E-state index in [1.54, 1.807) is 7.11 Å². The number of methoxy groups -OCH3 is 1. The Labute approximate surface area is 251 Å². The molecule has 0 N–H and O–H groups in total. The molecule has 0 rings (SSSR count). The second-order valence-corrected chi connectivity index (χ2v) is 8.41. The van der Waals surface area contributed by atoms with Crippen molar-refractivity contribution in [1.82, 2.24) is 0 Å². The first-order valence-electron chi connectivity index (χ1n) is 14.4. The third-order valence-electron chi connectivity index (χ3n) is 4.75. The van der Waals surface area contributed by atoms with E-state index in [9.17, 15) is 0 Å². The Hall–Kier alpha value is -0.230. The molecule has 248 valence electrons. The van der Waals surface area contributed by atoms with E-state index >= 15 is 0 Å². The Morgan fingerprint density at radius 1 is 0.244 bits per heavy atom. The van der Waals surface area contributed by atoms with Gasteiger partial charge in [-0.3, -0.25) is 0 Å². The maximum atomic E-state index is 5.50. The molecule has 0 radical (unpaired) electrons. The minimum absolute atomic E-state index is 0.498. The van der Waals surface area contributed by atoms with Crippen molar-refractivity contribution in [1.29, 1.82) is 0 Å². The highest BCUT2D eigenvalue weighted by Crippen LogP contribution is 1.87. The van der Waals surface area contributed by atoms with Gasteiger partial charge >= 0.3 is 0 Å². The maximum absolute atomic E-state index is 5.50. The Balaban J connectivity index is 3.02. The van der Waals surface area contributed by atoms with Crippen LogP contribution in [0.1, 0.15) is 0 Å². The molecule has 0 amide bonds. The van der Waals surface area contributed by atoms with Crippen LogP contribution in [0.15, 0.2) is 0 Å². The second-order valence-electron chi connectivity index (χ2n) is 8.03. The lowest BCUT2D eigenvalue weighted by atomic mass is 10.6. The summed E-state index contributed by atoms with van der Waals surface area (Å²) in [5.41, 5.74) is 0. The fourth-order valence-electron chi connectivity index (χ4n) is 2.72. The van der Waals surface area contributed by atoms with Crippen molar-refractivity contribution in [3.8, 4) is 0 Å². The summed E-state index contributed by atoms with van der Waals surface area (Å²) in [6, 6.07) is 0. The first-order valence-corrected chi connectivity index (χ1v) is 14.9. The van der Waals surface area contributed by atoms with Gasteiger partial charge in [0, 0.05) is 13.0 Å². The average molecular weight is 623 g/mol. The third-order valence-corrected chi connectivity index (χ3v) is 4.90. The molecule has 0 saturated heterocycles. The molecule has 14 heteroatoms. The van der Waals surface area contributed by atoms with Crippen LogP contribution >= 0.6 is 11.6 Å². The summed E-state index contributed by atoms with van der Waals surface area (Å²) in [6.07, 6.45) is 0. The molecule has 0 aromatic rings. The van der Waals surface area contributed by atoms with Crippen LogP contribution in [0.3, 0.4) is 0 Å². The molecule has 0 aliphatic carbocycles. The first kappa shape index (κ1) is 40.8. The normalized spacial score (nSPS) is 11.6. The van der Waals surface area contributed by atoms with Crippen LogP contribution in [0.4, 0.5) is 0 Å². The molecule has 0 aromatic heterocycles. The molecule has 13 nitrogen and oxygen atoms in total. The van der Waals surface area contributed by atoms with Gasteiger partial charge in [-0.05, 0) is 0 Å². The Morgan fingerprint density at radius 2 is 0.390 bits per heavy atom. The van der Waals surface area contributed by atoms with Gasteiger partial charge in [0.15, 0.2) is 0 Å². The van der Waals surface area contributed by atoms with E-state index in [-0.39, 0.29) is 0 Å². The van der Waals surface area contributed by atoms with Gasteiger partial charge < -0.3 is 61.6 Å². The topological polar surface area (TPSA) is 120 Å². The van der Waals surface area contributed by atoms with E-state index in [0.717, 1.165) is 0 Å². The molecule has 0 spiro atoms. The Morgan fingerprint density at radius 3 is 0.537 bits per heavy atom. The molecule has 0 atom stereocenters. The molecular weight excluding hydrogens is 568 g/mol. The molecule has 41 heavy (non-hydrogen) atoms. The zero-order chi connectivity index (χ0) is 29.6. The van der Waals surface area contributed by atoms with Crippen LogP contribution in [-0.2, 0) is 61.6 Å². The smallest absolute Gasteiger partial charge is 0.0701 e. The molecule has 0 aromatic carbocycles. The highest BCUT2D eigenvalue weighted by Gasteiger charge is 1.96. The minimum atomic E-state index is 0.498. The fraction of sp³-hybridized carbons (Fsp3) is 1.00. The quantitative estimate of drug-likeness (QED) is 0.0722. The fourth-order valence-corrected chi connectivity index (χ4v) is 2.83. The SMILES string of the molecule is COCCOCCOCCOCCOCCOCCOCCOCCOCCOCCOCCOCCOCCCl. The summed E-state index contributed by atoms with van der Waals surface area (Å²) >= 11 is 5.50. The van der Waals surface area contributed by atoms with Crippen molar-refractivity contribution in [3.05, 3.63) is 0 Å². The molecule has 0 bridgehead atoms. The lowest BCUT2D eigenvalue weighted by Crippen LogP contribution is -2.15. The van der Waals surface area contributed by atoms with Crippen LogP contribution in [-0.4, -0.2) is 178 Å². The van der Waals surface area contributed by atoms with Crippen molar-refractivity contribution in [2.45, 2.75) is 0 Å². The van der Waals surface area contributed by atoms with Crippen LogP contribution in [0.2, 0.25) is 0 Å². The number of halogens is 1. The molecule has 0 aliphatic rings. The molecule has 0 unspecified atom stereocenters. The predicted molar refractivity (Wildman–Crippen MR) is 152 cm³/mol.